The number of nitrogens with two attached hydrogens (primary N) is 1. The summed E-state index contributed by atoms with van der Waals surface area (Å²) in [7, 11) is 0. The minimum absolute atomic E-state index is 0.135. The van der Waals surface area contributed by atoms with Crippen molar-refractivity contribution in [3.8, 4) is 0 Å². The van der Waals surface area contributed by atoms with E-state index in [2.05, 4.69) is 13.8 Å². The maximum Gasteiger partial charge on any atom is 0.320 e. The van der Waals surface area contributed by atoms with Gasteiger partial charge in [-0.15, -0.1) is 0 Å². The monoisotopic (exact) mass is 243 g/mol. The fourth-order valence-corrected chi connectivity index (χ4v) is 1.94. The Morgan fingerprint density at radius 3 is 2.59 bits per heavy atom. The Morgan fingerprint density at radius 1 is 1.41 bits per heavy atom. The first-order chi connectivity index (χ1) is 8.15. The first-order valence-corrected chi connectivity index (χ1v) is 6.46. The van der Waals surface area contributed by atoms with Gasteiger partial charge in [0.25, 0.3) is 0 Å². The van der Waals surface area contributed by atoms with E-state index in [-0.39, 0.29) is 6.03 Å². The third-order valence-electron chi connectivity index (χ3n) is 2.77. The van der Waals surface area contributed by atoms with Crippen molar-refractivity contribution in [1.82, 2.24) is 9.80 Å². The van der Waals surface area contributed by atoms with Gasteiger partial charge < -0.3 is 20.3 Å². The normalized spacial score (nSPS) is 16.4. The van der Waals surface area contributed by atoms with E-state index >= 15 is 0 Å². The number of hydrogen-bond acceptors (Lipinski definition) is 3. The second-order valence-corrected chi connectivity index (χ2v) is 4.86. The van der Waals surface area contributed by atoms with Crippen molar-refractivity contribution < 1.29 is 9.53 Å². The van der Waals surface area contributed by atoms with Crippen LogP contribution in [0.4, 0.5) is 4.79 Å². The predicted molar refractivity (Wildman–Crippen MR) is 67.9 cm³/mol. The molecule has 5 nitrogen and oxygen atoms in total. The van der Waals surface area contributed by atoms with Crippen LogP contribution in [0.1, 0.15) is 20.3 Å². The van der Waals surface area contributed by atoms with Crippen molar-refractivity contribution in [2.24, 2.45) is 11.7 Å². The largest absolute Gasteiger partial charge is 0.378 e. The van der Waals surface area contributed by atoms with Gasteiger partial charge in [-0.3, -0.25) is 0 Å². The minimum Gasteiger partial charge on any atom is -0.378 e. The maximum absolute atomic E-state index is 12.3. The molecule has 1 rings (SSSR count). The minimum atomic E-state index is 0.135. The standard InChI is InChI=1S/C12H25N3O2/c1-11(2)10-15(5-3-4-13)12(16)14-6-8-17-9-7-14/h11H,3-10,13H2,1-2H3. The number of ether oxygens (including phenoxy) is 1. The molecule has 0 atom stereocenters. The van der Waals surface area contributed by atoms with Gasteiger partial charge in [0.15, 0.2) is 0 Å². The summed E-state index contributed by atoms with van der Waals surface area (Å²) in [4.78, 5) is 16.1. The lowest BCUT2D eigenvalue weighted by Gasteiger charge is -2.33. The Labute approximate surface area is 104 Å². The van der Waals surface area contributed by atoms with Gasteiger partial charge in [-0.05, 0) is 18.9 Å². The molecule has 1 saturated heterocycles. The zero-order valence-electron chi connectivity index (χ0n) is 11.0. The highest BCUT2D eigenvalue weighted by atomic mass is 16.5. The SMILES string of the molecule is CC(C)CN(CCCN)C(=O)N1CCOCC1. The molecule has 1 aliphatic rings. The second-order valence-electron chi connectivity index (χ2n) is 4.86. The summed E-state index contributed by atoms with van der Waals surface area (Å²) >= 11 is 0. The molecule has 0 radical (unpaired) electrons. The quantitative estimate of drug-likeness (QED) is 0.775. The van der Waals surface area contributed by atoms with E-state index in [0.29, 0.717) is 38.8 Å². The third kappa shape index (κ3) is 4.91. The summed E-state index contributed by atoms with van der Waals surface area (Å²) in [6.45, 7) is 9.15. The molecule has 0 saturated carbocycles. The molecule has 0 unspecified atom stereocenters. The third-order valence-corrected chi connectivity index (χ3v) is 2.77. The van der Waals surface area contributed by atoms with Crippen LogP contribution in [0.3, 0.4) is 0 Å². The number of morpholine rings is 1. The Morgan fingerprint density at radius 2 is 2.06 bits per heavy atom. The summed E-state index contributed by atoms with van der Waals surface area (Å²) in [5, 5.41) is 0. The first kappa shape index (κ1) is 14.3. The van der Waals surface area contributed by atoms with E-state index in [1.54, 1.807) is 0 Å². The van der Waals surface area contributed by atoms with Crippen molar-refractivity contribution in [2.45, 2.75) is 20.3 Å². The van der Waals surface area contributed by atoms with E-state index in [4.69, 9.17) is 10.5 Å². The van der Waals surface area contributed by atoms with Gasteiger partial charge in [0, 0.05) is 26.2 Å². The predicted octanol–water partition coefficient (Wildman–Crippen LogP) is 0.745. The molecule has 2 amide bonds. The summed E-state index contributed by atoms with van der Waals surface area (Å²) in [5.74, 6) is 0.484. The highest BCUT2D eigenvalue weighted by Gasteiger charge is 2.22. The lowest BCUT2D eigenvalue weighted by Crippen LogP contribution is -2.49. The molecular weight excluding hydrogens is 218 g/mol. The topological polar surface area (TPSA) is 58.8 Å². The first-order valence-electron chi connectivity index (χ1n) is 6.46. The zero-order valence-corrected chi connectivity index (χ0v) is 11.0. The van der Waals surface area contributed by atoms with E-state index in [1.165, 1.54) is 0 Å². The molecule has 17 heavy (non-hydrogen) atoms. The van der Waals surface area contributed by atoms with Crippen LogP contribution in [0, 0.1) is 5.92 Å². The highest BCUT2D eigenvalue weighted by molar-refractivity contribution is 5.74. The van der Waals surface area contributed by atoms with Crippen LogP contribution in [-0.2, 0) is 4.74 Å². The van der Waals surface area contributed by atoms with Crippen molar-refractivity contribution >= 4 is 6.03 Å². The maximum atomic E-state index is 12.3. The van der Waals surface area contributed by atoms with Crippen molar-refractivity contribution in [3.05, 3.63) is 0 Å². The van der Waals surface area contributed by atoms with Crippen LogP contribution in [-0.4, -0.2) is 61.8 Å². The fraction of sp³-hybridized carbons (Fsp3) is 0.917. The number of hydrogen-bond donors (Lipinski definition) is 1. The van der Waals surface area contributed by atoms with Crippen LogP contribution in [0.5, 0.6) is 0 Å². The van der Waals surface area contributed by atoms with Gasteiger partial charge in [-0.2, -0.15) is 0 Å². The van der Waals surface area contributed by atoms with Crippen LogP contribution >= 0.6 is 0 Å². The van der Waals surface area contributed by atoms with Gasteiger partial charge in [-0.25, -0.2) is 4.79 Å². The molecule has 100 valence electrons. The van der Waals surface area contributed by atoms with Gasteiger partial charge in [0.05, 0.1) is 13.2 Å². The molecular formula is C12H25N3O2. The van der Waals surface area contributed by atoms with Crippen LogP contribution < -0.4 is 5.73 Å². The Bertz CT molecular complexity index is 228. The van der Waals surface area contributed by atoms with Gasteiger partial charge in [0.1, 0.15) is 0 Å². The van der Waals surface area contributed by atoms with Crippen LogP contribution in [0.2, 0.25) is 0 Å². The number of carbonyl (C=O) groups is 1. The summed E-state index contributed by atoms with van der Waals surface area (Å²) in [5.41, 5.74) is 5.51. The molecule has 2 N–H and O–H groups in total. The number of amides is 2. The van der Waals surface area contributed by atoms with E-state index < -0.39 is 0 Å². The molecule has 0 aromatic carbocycles. The molecule has 0 spiro atoms. The Balaban J connectivity index is 2.50. The highest BCUT2D eigenvalue weighted by Crippen LogP contribution is 2.07. The molecule has 0 aromatic rings. The van der Waals surface area contributed by atoms with Crippen LogP contribution in [0.15, 0.2) is 0 Å². The Hall–Kier alpha value is -0.810. The second kappa shape index (κ2) is 7.50. The zero-order chi connectivity index (χ0) is 12.7. The molecule has 1 heterocycles. The smallest absolute Gasteiger partial charge is 0.320 e. The number of carbonyl (C=O) groups excluding carboxylic acids is 1. The van der Waals surface area contributed by atoms with Crippen molar-refractivity contribution in [1.29, 1.82) is 0 Å². The summed E-state index contributed by atoms with van der Waals surface area (Å²) < 4.78 is 5.26. The van der Waals surface area contributed by atoms with Crippen LogP contribution in [0.25, 0.3) is 0 Å². The summed E-state index contributed by atoms with van der Waals surface area (Å²) in [6, 6.07) is 0.135. The van der Waals surface area contributed by atoms with Gasteiger partial charge >= 0.3 is 6.03 Å². The van der Waals surface area contributed by atoms with Crippen molar-refractivity contribution in [2.75, 3.05) is 45.9 Å². The molecule has 0 aliphatic carbocycles. The molecule has 0 aromatic heterocycles. The fourth-order valence-electron chi connectivity index (χ4n) is 1.94. The Kier molecular flexibility index (Phi) is 6.29. The van der Waals surface area contributed by atoms with Gasteiger partial charge in [-0.1, -0.05) is 13.8 Å². The number of rotatable bonds is 5. The van der Waals surface area contributed by atoms with E-state index in [9.17, 15) is 4.79 Å². The van der Waals surface area contributed by atoms with E-state index in [0.717, 1.165) is 19.5 Å². The average Bonchev–Trinajstić information content (AvgIpc) is 2.34. The molecule has 1 fully saturated rings. The lowest BCUT2D eigenvalue weighted by atomic mass is 10.2. The summed E-state index contributed by atoms with van der Waals surface area (Å²) in [6.07, 6.45) is 0.864. The molecule has 1 aliphatic heterocycles. The number of nitrogens with zero attached hydrogens (tertiary/aromatic N) is 2. The van der Waals surface area contributed by atoms with Crippen molar-refractivity contribution in [3.63, 3.8) is 0 Å². The van der Waals surface area contributed by atoms with E-state index in [1.807, 2.05) is 9.80 Å². The lowest BCUT2D eigenvalue weighted by molar-refractivity contribution is 0.0423. The molecule has 0 bridgehead atoms. The molecule has 5 heteroatoms. The average molecular weight is 243 g/mol. The number of urea groups is 1. The van der Waals surface area contributed by atoms with Gasteiger partial charge in [0.2, 0.25) is 0 Å².